The van der Waals surface area contributed by atoms with Crippen molar-refractivity contribution < 1.29 is 14.6 Å². The lowest BCUT2D eigenvalue weighted by Crippen LogP contribution is -2.26. The molecule has 1 aromatic rings. The van der Waals surface area contributed by atoms with Crippen molar-refractivity contribution >= 4 is 29.2 Å². The second-order valence-corrected chi connectivity index (χ2v) is 3.76. The molecule has 0 atom stereocenters. The number of hydrogen-bond donors (Lipinski definition) is 2. The second kappa shape index (κ2) is 6.58. The van der Waals surface area contributed by atoms with E-state index in [1.165, 1.54) is 0 Å². The van der Waals surface area contributed by atoms with Crippen LogP contribution < -0.4 is 10.1 Å². The summed E-state index contributed by atoms with van der Waals surface area (Å²) < 4.78 is 5.33. The van der Waals surface area contributed by atoms with Crippen molar-refractivity contribution in [2.45, 2.75) is 0 Å². The summed E-state index contributed by atoms with van der Waals surface area (Å²) in [5, 5.41) is 11.8. The number of ether oxygens (including phenoxy) is 1. The van der Waals surface area contributed by atoms with Crippen molar-refractivity contribution in [3.05, 3.63) is 28.2 Å². The van der Waals surface area contributed by atoms with Gasteiger partial charge >= 0.3 is 5.97 Å². The Balaban J connectivity index is 2.32. The number of halogens is 2. The van der Waals surface area contributed by atoms with Crippen LogP contribution >= 0.6 is 23.2 Å². The van der Waals surface area contributed by atoms with E-state index in [-0.39, 0.29) is 6.54 Å². The summed E-state index contributed by atoms with van der Waals surface area (Å²) >= 11 is 11.7. The van der Waals surface area contributed by atoms with E-state index in [1.54, 1.807) is 18.2 Å². The van der Waals surface area contributed by atoms with Crippen molar-refractivity contribution in [1.29, 1.82) is 0 Å². The molecule has 0 bridgehead atoms. The van der Waals surface area contributed by atoms with E-state index in [0.29, 0.717) is 28.9 Å². The lowest BCUT2D eigenvalue weighted by molar-refractivity contribution is -0.135. The maximum atomic E-state index is 10.2. The zero-order valence-electron chi connectivity index (χ0n) is 8.37. The standard InChI is InChI=1S/C10H11Cl2NO3/c11-7-2-1-3-8(10(7)12)16-5-4-13-6-9(14)15/h1-3,13H,4-6H2,(H,14,15). The lowest BCUT2D eigenvalue weighted by Gasteiger charge is -2.08. The normalized spacial score (nSPS) is 10.1. The summed E-state index contributed by atoms with van der Waals surface area (Å²) in [7, 11) is 0. The third-order valence-corrected chi connectivity index (χ3v) is 2.53. The molecule has 6 heteroatoms. The minimum Gasteiger partial charge on any atom is -0.491 e. The fraction of sp³-hybridized carbons (Fsp3) is 0.300. The molecule has 88 valence electrons. The van der Waals surface area contributed by atoms with Crippen LogP contribution in [0.4, 0.5) is 0 Å². The zero-order valence-corrected chi connectivity index (χ0v) is 9.88. The highest BCUT2D eigenvalue weighted by molar-refractivity contribution is 6.42. The Kier molecular flexibility index (Phi) is 5.38. The lowest BCUT2D eigenvalue weighted by atomic mass is 10.3. The van der Waals surface area contributed by atoms with Crippen LogP contribution in [0.1, 0.15) is 0 Å². The van der Waals surface area contributed by atoms with Gasteiger partial charge in [0, 0.05) is 6.54 Å². The topological polar surface area (TPSA) is 58.6 Å². The van der Waals surface area contributed by atoms with Gasteiger partial charge in [0.2, 0.25) is 0 Å². The molecule has 0 aliphatic carbocycles. The number of aliphatic carboxylic acids is 1. The molecule has 1 aromatic carbocycles. The minimum absolute atomic E-state index is 0.0906. The molecular weight excluding hydrogens is 253 g/mol. The first-order chi connectivity index (χ1) is 7.61. The van der Waals surface area contributed by atoms with Gasteiger partial charge < -0.3 is 15.2 Å². The monoisotopic (exact) mass is 263 g/mol. The molecule has 0 heterocycles. The Morgan fingerprint density at radius 1 is 1.44 bits per heavy atom. The van der Waals surface area contributed by atoms with Crippen molar-refractivity contribution in [3.8, 4) is 5.75 Å². The summed E-state index contributed by atoms with van der Waals surface area (Å²) in [6.45, 7) is 0.662. The summed E-state index contributed by atoms with van der Waals surface area (Å²) in [4.78, 5) is 10.2. The molecule has 2 N–H and O–H groups in total. The highest BCUT2D eigenvalue weighted by Gasteiger charge is 2.04. The van der Waals surface area contributed by atoms with Gasteiger partial charge in [-0.15, -0.1) is 0 Å². The molecule has 0 fully saturated rings. The highest BCUT2D eigenvalue weighted by Crippen LogP contribution is 2.31. The third-order valence-electron chi connectivity index (χ3n) is 1.73. The number of carboxylic acid groups (broad SMARTS) is 1. The third kappa shape index (κ3) is 4.26. The molecule has 0 amide bonds. The first-order valence-corrected chi connectivity index (χ1v) is 5.36. The van der Waals surface area contributed by atoms with Crippen LogP contribution in [0.3, 0.4) is 0 Å². The molecule has 4 nitrogen and oxygen atoms in total. The Morgan fingerprint density at radius 2 is 2.19 bits per heavy atom. The van der Waals surface area contributed by atoms with Gasteiger partial charge in [-0.1, -0.05) is 29.3 Å². The maximum absolute atomic E-state index is 10.2. The van der Waals surface area contributed by atoms with Crippen LogP contribution in [0.5, 0.6) is 5.75 Å². The molecule has 0 aliphatic heterocycles. The molecule has 0 unspecified atom stereocenters. The van der Waals surface area contributed by atoms with Gasteiger partial charge in [0.25, 0.3) is 0 Å². The summed E-state index contributed by atoms with van der Waals surface area (Å²) in [6.07, 6.45) is 0. The van der Waals surface area contributed by atoms with Crippen LogP contribution in [-0.2, 0) is 4.79 Å². The average molecular weight is 264 g/mol. The predicted molar refractivity (Wildman–Crippen MR) is 62.5 cm³/mol. The molecule has 0 aliphatic rings. The zero-order chi connectivity index (χ0) is 12.0. The van der Waals surface area contributed by atoms with E-state index >= 15 is 0 Å². The molecule has 0 saturated carbocycles. The van der Waals surface area contributed by atoms with Crippen molar-refractivity contribution in [2.24, 2.45) is 0 Å². The first-order valence-electron chi connectivity index (χ1n) is 4.60. The van der Waals surface area contributed by atoms with Gasteiger partial charge in [-0.05, 0) is 12.1 Å². The van der Waals surface area contributed by atoms with Gasteiger partial charge in [0.05, 0.1) is 11.6 Å². The molecule has 0 saturated heterocycles. The minimum atomic E-state index is -0.902. The smallest absolute Gasteiger partial charge is 0.317 e. The van der Waals surface area contributed by atoms with E-state index in [0.717, 1.165) is 0 Å². The van der Waals surface area contributed by atoms with E-state index in [9.17, 15) is 4.79 Å². The largest absolute Gasteiger partial charge is 0.491 e. The molecule has 0 radical (unpaired) electrons. The van der Waals surface area contributed by atoms with Crippen molar-refractivity contribution in [3.63, 3.8) is 0 Å². The summed E-state index contributed by atoms with van der Waals surface area (Å²) in [5.41, 5.74) is 0. The van der Waals surface area contributed by atoms with Crippen LogP contribution in [0, 0.1) is 0 Å². The number of nitrogens with one attached hydrogen (secondary N) is 1. The average Bonchev–Trinajstić information content (AvgIpc) is 2.23. The van der Waals surface area contributed by atoms with E-state index in [2.05, 4.69) is 5.32 Å². The van der Waals surface area contributed by atoms with Gasteiger partial charge in [0.1, 0.15) is 17.4 Å². The quantitative estimate of drug-likeness (QED) is 0.772. The number of hydrogen-bond acceptors (Lipinski definition) is 3. The first kappa shape index (κ1) is 13.1. The van der Waals surface area contributed by atoms with Gasteiger partial charge in [-0.3, -0.25) is 4.79 Å². The van der Waals surface area contributed by atoms with E-state index < -0.39 is 5.97 Å². The highest BCUT2D eigenvalue weighted by atomic mass is 35.5. The fourth-order valence-corrected chi connectivity index (χ4v) is 1.37. The number of carboxylic acids is 1. The molecule has 0 spiro atoms. The summed E-state index contributed by atoms with van der Waals surface area (Å²) in [5.74, 6) is -0.410. The fourth-order valence-electron chi connectivity index (χ4n) is 1.02. The van der Waals surface area contributed by atoms with Crippen LogP contribution in [-0.4, -0.2) is 30.8 Å². The van der Waals surface area contributed by atoms with E-state index in [4.69, 9.17) is 33.0 Å². The molecular formula is C10H11Cl2NO3. The molecule has 16 heavy (non-hydrogen) atoms. The Labute approximate surface area is 103 Å². The second-order valence-electron chi connectivity index (χ2n) is 2.97. The number of benzene rings is 1. The van der Waals surface area contributed by atoms with Crippen LogP contribution in [0.2, 0.25) is 10.0 Å². The van der Waals surface area contributed by atoms with Gasteiger partial charge in [0.15, 0.2) is 0 Å². The van der Waals surface area contributed by atoms with E-state index in [1.807, 2.05) is 0 Å². The Hall–Kier alpha value is -0.970. The predicted octanol–water partition coefficient (Wildman–Crippen LogP) is 2.05. The molecule has 1 rings (SSSR count). The van der Waals surface area contributed by atoms with Crippen LogP contribution in [0.25, 0.3) is 0 Å². The summed E-state index contributed by atoms with van der Waals surface area (Å²) in [6, 6.07) is 5.10. The van der Waals surface area contributed by atoms with Gasteiger partial charge in [-0.25, -0.2) is 0 Å². The van der Waals surface area contributed by atoms with Crippen LogP contribution in [0.15, 0.2) is 18.2 Å². The number of rotatable bonds is 6. The van der Waals surface area contributed by atoms with Crippen molar-refractivity contribution in [2.75, 3.05) is 19.7 Å². The Bertz CT molecular complexity index is 371. The van der Waals surface area contributed by atoms with Crippen molar-refractivity contribution in [1.82, 2.24) is 5.32 Å². The number of carbonyl (C=O) groups is 1. The van der Waals surface area contributed by atoms with Gasteiger partial charge in [-0.2, -0.15) is 0 Å². The Morgan fingerprint density at radius 3 is 2.88 bits per heavy atom. The SMILES string of the molecule is O=C(O)CNCCOc1cccc(Cl)c1Cl. The maximum Gasteiger partial charge on any atom is 0.317 e. The molecule has 0 aromatic heterocycles.